The first-order valence-electron chi connectivity index (χ1n) is 14.6. The zero-order valence-corrected chi connectivity index (χ0v) is 24.0. The number of aromatic nitrogens is 3. The van der Waals surface area contributed by atoms with Gasteiger partial charge in [0, 0.05) is 41.0 Å². The molecule has 2 aliphatic rings. The van der Waals surface area contributed by atoms with Crippen molar-refractivity contribution in [1.29, 1.82) is 0 Å². The van der Waals surface area contributed by atoms with Crippen molar-refractivity contribution in [2.75, 3.05) is 19.7 Å². The van der Waals surface area contributed by atoms with Crippen LogP contribution in [-0.2, 0) is 24.4 Å². The molecule has 4 heterocycles. The minimum atomic E-state index is -0.563. The monoisotopic (exact) mass is 603 g/mol. The highest BCUT2D eigenvalue weighted by molar-refractivity contribution is 5.97. The number of hydrogen-bond donors (Lipinski definition) is 4. The molecule has 6 rings (SSSR count). The van der Waals surface area contributed by atoms with Gasteiger partial charge in [-0.1, -0.05) is 23.4 Å². The molecule has 5 N–H and O–H groups in total. The zero-order chi connectivity index (χ0) is 30.6. The third-order valence-corrected chi connectivity index (χ3v) is 8.32. The number of benzene rings is 2. The van der Waals surface area contributed by atoms with Gasteiger partial charge >= 0.3 is 0 Å². The van der Waals surface area contributed by atoms with E-state index in [1.807, 2.05) is 12.1 Å². The molecule has 4 aromatic rings. The second-order valence-corrected chi connectivity index (χ2v) is 11.1. The zero-order valence-electron chi connectivity index (χ0n) is 24.0. The van der Waals surface area contributed by atoms with Gasteiger partial charge in [0.1, 0.15) is 18.2 Å². The summed E-state index contributed by atoms with van der Waals surface area (Å²) in [5, 5.41) is 20.8. The van der Waals surface area contributed by atoms with E-state index in [1.54, 1.807) is 41.9 Å². The number of carbonyl (C=O) groups excluding carboxylic acids is 1. The summed E-state index contributed by atoms with van der Waals surface area (Å²) < 4.78 is 28.2. The predicted molar refractivity (Wildman–Crippen MR) is 158 cm³/mol. The van der Waals surface area contributed by atoms with Gasteiger partial charge in [-0.2, -0.15) is 0 Å². The van der Waals surface area contributed by atoms with Gasteiger partial charge in [0.05, 0.1) is 30.2 Å². The van der Waals surface area contributed by atoms with E-state index >= 15 is 0 Å². The van der Waals surface area contributed by atoms with Crippen molar-refractivity contribution in [3.63, 3.8) is 0 Å². The van der Waals surface area contributed by atoms with E-state index in [1.165, 1.54) is 6.07 Å². The Bertz CT molecular complexity index is 1680. The van der Waals surface area contributed by atoms with Crippen LogP contribution >= 0.6 is 0 Å². The summed E-state index contributed by atoms with van der Waals surface area (Å²) in [7, 11) is 0. The van der Waals surface area contributed by atoms with E-state index in [-0.39, 0.29) is 30.0 Å². The SMILES string of the molecule is NC(=NO)c1ccc(COc2cccc(C3CCN(Cc4nc5ccc(C(=O)NO)cc5n4C[C@@H]4CCO4)CC3)n2)c(F)c1. The standard InChI is InChI=1S/C31H34FN7O5/c32-24-14-20(30(33)36-41)4-5-22(24)18-44-29-3-1-2-25(35-29)19-8-11-38(12-9-19)17-28-34-26-7-6-21(31(40)37-42)15-27(26)39(28)16-23-10-13-43-23/h1-7,14-15,19,23,41-42H,8-13,16-18H2,(H2,33,36)(H,37,40)/t23-/m0/s1. The average Bonchev–Trinajstić information content (AvgIpc) is 3.37. The number of rotatable bonds is 10. The molecule has 0 saturated carbocycles. The quantitative estimate of drug-likeness (QED) is 0.0699. The number of likely N-dealkylation sites (tertiary alicyclic amines) is 1. The number of fused-ring (bicyclic) bond motifs is 1. The fourth-order valence-electron chi connectivity index (χ4n) is 5.69. The van der Waals surface area contributed by atoms with E-state index in [2.05, 4.69) is 14.6 Å². The Morgan fingerprint density at radius 2 is 1.91 bits per heavy atom. The van der Waals surface area contributed by atoms with E-state index < -0.39 is 11.7 Å². The molecular formula is C31H34FN7O5. The summed E-state index contributed by atoms with van der Waals surface area (Å²) in [4.78, 5) is 24.0. The molecule has 2 aliphatic heterocycles. The summed E-state index contributed by atoms with van der Waals surface area (Å²) in [5.74, 6) is 0.353. The van der Waals surface area contributed by atoms with Gasteiger partial charge in [-0.05, 0) is 62.7 Å². The number of carbonyl (C=O) groups is 1. The van der Waals surface area contributed by atoms with Gasteiger partial charge < -0.3 is 25.0 Å². The maximum absolute atomic E-state index is 14.5. The number of amidine groups is 1. The topological polar surface area (TPSA) is 160 Å². The number of amides is 1. The molecule has 2 aromatic heterocycles. The number of nitrogens with one attached hydrogen (secondary N) is 1. The van der Waals surface area contributed by atoms with Crippen LogP contribution in [-0.4, -0.2) is 67.4 Å². The van der Waals surface area contributed by atoms with Crippen molar-refractivity contribution < 1.29 is 29.1 Å². The van der Waals surface area contributed by atoms with Gasteiger partial charge in [-0.15, -0.1) is 0 Å². The average molecular weight is 604 g/mol. The van der Waals surface area contributed by atoms with E-state index in [0.717, 1.165) is 61.5 Å². The fraction of sp³-hybridized carbons (Fsp3) is 0.355. The van der Waals surface area contributed by atoms with Crippen LogP contribution in [0.4, 0.5) is 4.39 Å². The van der Waals surface area contributed by atoms with Gasteiger partial charge in [0.15, 0.2) is 5.84 Å². The van der Waals surface area contributed by atoms with Crippen molar-refractivity contribution in [3.8, 4) is 5.88 Å². The molecule has 2 saturated heterocycles. The number of nitrogens with zero attached hydrogens (tertiary/aromatic N) is 5. The normalized spacial score (nSPS) is 17.9. The van der Waals surface area contributed by atoms with Crippen LogP contribution in [0.5, 0.6) is 5.88 Å². The number of imidazole rings is 1. The number of piperidine rings is 1. The first kappa shape index (κ1) is 29.5. The molecule has 0 unspecified atom stereocenters. The van der Waals surface area contributed by atoms with Crippen LogP contribution in [0.15, 0.2) is 59.8 Å². The Morgan fingerprint density at radius 3 is 2.61 bits per heavy atom. The lowest BCUT2D eigenvalue weighted by Crippen LogP contribution is -2.35. The first-order valence-corrected chi connectivity index (χ1v) is 14.6. The van der Waals surface area contributed by atoms with Gasteiger partial charge in [0.2, 0.25) is 5.88 Å². The van der Waals surface area contributed by atoms with Crippen LogP contribution in [0.1, 0.15) is 58.2 Å². The lowest BCUT2D eigenvalue weighted by Gasteiger charge is -2.32. The number of nitrogens with two attached hydrogens (primary N) is 1. The van der Waals surface area contributed by atoms with Gasteiger partial charge in [0.25, 0.3) is 5.91 Å². The molecule has 1 atom stereocenters. The van der Waals surface area contributed by atoms with Crippen LogP contribution in [0.2, 0.25) is 0 Å². The highest BCUT2D eigenvalue weighted by Crippen LogP contribution is 2.30. The highest BCUT2D eigenvalue weighted by atomic mass is 19.1. The van der Waals surface area contributed by atoms with Gasteiger partial charge in [-0.3, -0.25) is 14.9 Å². The molecule has 0 radical (unpaired) electrons. The maximum Gasteiger partial charge on any atom is 0.274 e. The molecule has 0 aliphatic carbocycles. The third-order valence-electron chi connectivity index (χ3n) is 8.32. The second-order valence-electron chi connectivity index (χ2n) is 11.1. The minimum Gasteiger partial charge on any atom is -0.473 e. The Kier molecular flexibility index (Phi) is 8.68. The molecule has 0 bridgehead atoms. The van der Waals surface area contributed by atoms with Crippen molar-refractivity contribution >= 4 is 22.8 Å². The molecule has 1 amide bonds. The molecule has 2 fully saturated rings. The minimum absolute atomic E-state index is 0.00372. The number of pyridine rings is 1. The number of ether oxygens (including phenoxy) is 2. The Hall–Kier alpha value is -4.59. The highest BCUT2D eigenvalue weighted by Gasteiger charge is 2.26. The molecule has 0 spiro atoms. The number of halogens is 1. The van der Waals surface area contributed by atoms with Crippen LogP contribution < -0.4 is 16.0 Å². The number of hydrogen-bond acceptors (Lipinski definition) is 9. The summed E-state index contributed by atoms with van der Waals surface area (Å²) in [6, 6.07) is 15.2. The van der Waals surface area contributed by atoms with Crippen molar-refractivity contribution in [1.82, 2.24) is 24.9 Å². The molecule has 12 nitrogen and oxygen atoms in total. The molecule has 230 valence electrons. The predicted octanol–water partition coefficient (Wildman–Crippen LogP) is 3.53. The molecule has 13 heteroatoms. The van der Waals surface area contributed by atoms with Crippen molar-refractivity contribution in [2.24, 2.45) is 10.9 Å². The van der Waals surface area contributed by atoms with Crippen LogP contribution in [0.25, 0.3) is 11.0 Å². The van der Waals surface area contributed by atoms with E-state index in [0.29, 0.717) is 30.1 Å². The Morgan fingerprint density at radius 1 is 1.11 bits per heavy atom. The fourth-order valence-corrected chi connectivity index (χ4v) is 5.69. The summed E-state index contributed by atoms with van der Waals surface area (Å²) in [6.45, 7) is 3.78. The van der Waals surface area contributed by atoms with E-state index in [4.69, 9.17) is 35.6 Å². The first-order chi connectivity index (χ1) is 21.4. The second kappa shape index (κ2) is 13.0. The Labute approximate surface area is 252 Å². The van der Waals surface area contributed by atoms with E-state index in [9.17, 15) is 9.18 Å². The molecule has 44 heavy (non-hydrogen) atoms. The lowest BCUT2D eigenvalue weighted by atomic mass is 9.93. The van der Waals surface area contributed by atoms with Crippen molar-refractivity contribution in [3.05, 3.63) is 88.6 Å². The molecular weight excluding hydrogens is 569 g/mol. The maximum atomic E-state index is 14.5. The Balaban J connectivity index is 1.09. The smallest absolute Gasteiger partial charge is 0.274 e. The van der Waals surface area contributed by atoms with Gasteiger partial charge in [-0.25, -0.2) is 19.8 Å². The molecule has 2 aromatic carbocycles. The lowest BCUT2D eigenvalue weighted by molar-refractivity contribution is -0.0592. The van der Waals surface area contributed by atoms with Crippen LogP contribution in [0, 0.1) is 5.82 Å². The largest absolute Gasteiger partial charge is 0.473 e. The van der Waals surface area contributed by atoms with Crippen molar-refractivity contribution in [2.45, 2.75) is 51.0 Å². The summed E-state index contributed by atoms with van der Waals surface area (Å²) in [6.07, 6.45) is 2.91. The summed E-state index contributed by atoms with van der Waals surface area (Å²) in [5.41, 5.74) is 10.8. The number of hydroxylamine groups is 1. The summed E-state index contributed by atoms with van der Waals surface area (Å²) >= 11 is 0. The third kappa shape index (κ3) is 6.34. The number of oxime groups is 1. The van der Waals surface area contributed by atoms with Crippen LogP contribution in [0.3, 0.4) is 0 Å².